The van der Waals surface area contributed by atoms with E-state index >= 15 is 0 Å². The molecule has 0 fully saturated rings. The highest BCUT2D eigenvalue weighted by atomic mass is 35.5. The molecular formula is C17H21ClN2O2S2. The minimum absolute atomic E-state index is 0.172. The molecule has 0 unspecified atom stereocenters. The summed E-state index contributed by atoms with van der Waals surface area (Å²) in [6, 6.07) is 9.80. The maximum Gasteiger partial charge on any atom is 0.232 e. The molecule has 0 saturated heterocycles. The zero-order chi connectivity index (χ0) is 17.2. The molecule has 0 spiro atoms. The van der Waals surface area contributed by atoms with Crippen LogP contribution in [0.2, 0.25) is 4.34 Å². The first-order chi connectivity index (χ1) is 11.5. The molecule has 0 aliphatic carbocycles. The lowest BCUT2D eigenvalue weighted by Crippen LogP contribution is -2.19. The molecule has 0 amide bonds. The number of anilines is 2. The SMILES string of the molecule is CCCCS(=O)(=O)Nc1ccc2c(c1)CCN2Cc1ccc(Cl)s1. The van der Waals surface area contributed by atoms with Crippen LogP contribution in [-0.4, -0.2) is 20.7 Å². The summed E-state index contributed by atoms with van der Waals surface area (Å²) in [4.78, 5) is 3.55. The molecule has 0 saturated carbocycles. The minimum atomic E-state index is -3.25. The largest absolute Gasteiger partial charge is 0.366 e. The number of sulfonamides is 1. The van der Waals surface area contributed by atoms with Crippen molar-refractivity contribution < 1.29 is 8.42 Å². The van der Waals surface area contributed by atoms with Gasteiger partial charge in [-0.1, -0.05) is 24.9 Å². The summed E-state index contributed by atoms with van der Waals surface area (Å²) in [5.74, 6) is 0.172. The lowest BCUT2D eigenvalue weighted by atomic mass is 10.1. The first kappa shape index (κ1) is 17.6. The smallest absolute Gasteiger partial charge is 0.232 e. The van der Waals surface area contributed by atoms with Crippen molar-refractivity contribution in [3.8, 4) is 0 Å². The number of nitrogens with zero attached hydrogens (tertiary/aromatic N) is 1. The fourth-order valence-corrected chi connectivity index (χ4v) is 5.25. The molecule has 7 heteroatoms. The van der Waals surface area contributed by atoms with Crippen LogP contribution in [0.3, 0.4) is 0 Å². The van der Waals surface area contributed by atoms with Gasteiger partial charge in [0.15, 0.2) is 0 Å². The van der Waals surface area contributed by atoms with E-state index in [0.29, 0.717) is 12.1 Å². The second-order valence-corrected chi connectivity index (χ2v) is 9.64. The molecule has 1 aliphatic rings. The summed E-state index contributed by atoms with van der Waals surface area (Å²) in [6.07, 6.45) is 2.48. The number of fused-ring (bicyclic) bond motifs is 1. The Hall–Kier alpha value is -1.24. The van der Waals surface area contributed by atoms with Crippen LogP contribution < -0.4 is 9.62 Å². The van der Waals surface area contributed by atoms with Gasteiger partial charge in [0, 0.05) is 22.8 Å². The Morgan fingerprint density at radius 1 is 1.29 bits per heavy atom. The highest BCUT2D eigenvalue weighted by molar-refractivity contribution is 7.92. The summed E-state index contributed by atoms with van der Waals surface area (Å²) in [5, 5.41) is 0. The molecule has 130 valence electrons. The van der Waals surface area contributed by atoms with E-state index in [1.807, 2.05) is 31.2 Å². The molecule has 2 aromatic rings. The van der Waals surface area contributed by atoms with E-state index in [1.54, 1.807) is 11.3 Å². The number of unbranched alkanes of at least 4 members (excludes halogenated alkanes) is 1. The predicted octanol–water partition coefficient (Wildman–Crippen LogP) is 4.51. The van der Waals surface area contributed by atoms with Crippen LogP contribution in [0.5, 0.6) is 0 Å². The standard InChI is InChI=1S/C17H21ClN2O2S2/c1-2-3-10-24(21,22)19-14-4-6-16-13(11-14)8-9-20(16)12-15-5-7-17(18)23-15/h4-7,11,19H,2-3,8-10,12H2,1H3. The molecule has 1 N–H and O–H groups in total. The van der Waals surface area contributed by atoms with Gasteiger partial charge in [0.1, 0.15) is 0 Å². The van der Waals surface area contributed by atoms with Crippen molar-refractivity contribution in [1.29, 1.82) is 0 Å². The van der Waals surface area contributed by atoms with E-state index in [0.717, 1.165) is 30.3 Å². The van der Waals surface area contributed by atoms with Crippen LogP contribution in [-0.2, 0) is 23.0 Å². The van der Waals surface area contributed by atoms with Gasteiger partial charge in [0.25, 0.3) is 0 Å². The maximum absolute atomic E-state index is 12.0. The van der Waals surface area contributed by atoms with Crippen molar-refractivity contribution >= 4 is 44.3 Å². The normalized spacial score (nSPS) is 14.0. The van der Waals surface area contributed by atoms with E-state index in [2.05, 4.69) is 15.7 Å². The van der Waals surface area contributed by atoms with Crippen LogP contribution in [0.4, 0.5) is 11.4 Å². The second kappa shape index (κ2) is 7.33. The Morgan fingerprint density at radius 2 is 2.12 bits per heavy atom. The van der Waals surface area contributed by atoms with Crippen LogP contribution in [0.25, 0.3) is 0 Å². The van der Waals surface area contributed by atoms with Gasteiger partial charge in [-0.25, -0.2) is 8.42 Å². The van der Waals surface area contributed by atoms with Gasteiger partial charge in [0.05, 0.1) is 16.6 Å². The lowest BCUT2D eigenvalue weighted by Gasteiger charge is -2.18. The third-order valence-electron chi connectivity index (χ3n) is 4.09. The van der Waals surface area contributed by atoms with Crippen LogP contribution in [0, 0.1) is 0 Å². The summed E-state index contributed by atoms with van der Waals surface area (Å²) < 4.78 is 27.6. The van der Waals surface area contributed by atoms with E-state index in [-0.39, 0.29) is 5.75 Å². The molecule has 3 rings (SSSR count). The number of halogens is 1. The first-order valence-corrected chi connectivity index (χ1v) is 10.9. The Morgan fingerprint density at radius 3 is 2.83 bits per heavy atom. The Kier molecular flexibility index (Phi) is 5.37. The molecule has 1 aromatic heterocycles. The quantitative estimate of drug-likeness (QED) is 0.764. The average Bonchev–Trinajstić information content (AvgIpc) is 3.12. The minimum Gasteiger partial charge on any atom is -0.366 e. The predicted molar refractivity (Wildman–Crippen MR) is 103 cm³/mol. The average molecular weight is 385 g/mol. The van der Waals surface area contributed by atoms with Gasteiger partial charge in [-0.05, 0) is 48.7 Å². The summed E-state index contributed by atoms with van der Waals surface area (Å²) >= 11 is 7.60. The number of benzene rings is 1. The molecule has 1 aromatic carbocycles. The van der Waals surface area contributed by atoms with Gasteiger partial charge >= 0.3 is 0 Å². The molecule has 0 radical (unpaired) electrons. The highest BCUT2D eigenvalue weighted by Crippen LogP contribution is 2.33. The van der Waals surface area contributed by atoms with E-state index < -0.39 is 10.0 Å². The van der Waals surface area contributed by atoms with E-state index in [1.165, 1.54) is 16.1 Å². The molecule has 1 aliphatic heterocycles. The molecule has 24 heavy (non-hydrogen) atoms. The Balaban J connectivity index is 1.71. The second-order valence-electron chi connectivity index (χ2n) is 6.00. The van der Waals surface area contributed by atoms with Gasteiger partial charge in [0.2, 0.25) is 10.0 Å². The molecule has 0 atom stereocenters. The van der Waals surface area contributed by atoms with Crippen molar-refractivity contribution in [1.82, 2.24) is 0 Å². The molecule has 4 nitrogen and oxygen atoms in total. The molecule has 2 heterocycles. The lowest BCUT2D eigenvalue weighted by molar-refractivity contribution is 0.598. The number of thiophene rings is 1. The molecular weight excluding hydrogens is 364 g/mol. The van der Waals surface area contributed by atoms with Crippen LogP contribution in [0.1, 0.15) is 30.2 Å². The Bertz CT molecular complexity index is 818. The zero-order valence-electron chi connectivity index (χ0n) is 13.6. The number of hydrogen-bond donors (Lipinski definition) is 1. The fraction of sp³-hybridized carbons (Fsp3) is 0.412. The van der Waals surface area contributed by atoms with Crippen LogP contribution in [0.15, 0.2) is 30.3 Å². The van der Waals surface area contributed by atoms with Gasteiger partial charge in [-0.3, -0.25) is 4.72 Å². The van der Waals surface area contributed by atoms with Crippen LogP contribution >= 0.6 is 22.9 Å². The monoisotopic (exact) mass is 384 g/mol. The number of rotatable bonds is 7. The summed E-state index contributed by atoms with van der Waals surface area (Å²) in [6.45, 7) is 3.77. The summed E-state index contributed by atoms with van der Waals surface area (Å²) in [5.41, 5.74) is 3.02. The first-order valence-electron chi connectivity index (χ1n) is 8.09. The fourth-order valence-electron chi connectivity index (χ4n) is 2.89. The van der Waals surface area contributed by atoms with Gasteiger partial charge < -0.3 is 4.90 Å². The van der Waals surface area contributed by atoms with Crippen molar-refractivity contribution in [2.45, 2.75) is 32.7 Å². The number of hydrogen-bond acceptors (Lipinski definition) is 4. The highest BCUT2D eigenvalue weighted by Gasteiger charge is 2.21. The Labute approximate surface area is 152 Å². The van der Waals surface area contributed by atoms with Crippen molar-refractivity contribution in [2.75, 3.05) is 21.9 Å². The van der Waals surface area contributed by atoms with E-state index in [4.69, 9.17) is 11.6 Å². The van der Waals surface area contributed by atoms with Gasteiger partial charge in [-0.15, -0.1) is 11.3 Å². The van der Waals surface area contributed by atoms with Gasteiger partial charge in [-0.2, -0.15) is 0 Å². The topological polar surface area (TPSA) is 49.4 Å². The molecule has 0 bridgehead atoms. The third kappa shape index (κ3) is 4.23. The van der Waals surface area contributed by atoms with Crippen molar-refractivity contribution in [3.05, 3.63) is 45.1 Å². The van der Waals surface area contributed by atoms with E-state index in [9.17, 15) is 8.42 Å². The maximum atomic E-state index is 12.0. The third-order valence-corrected chi connectivity index (χ3v) is 6.68. The number of nitrogens with one attached hydrogen (secondary N) is 1. The van der Waals surface area contributed by atoms with Crippen molar-refractivity contribution in [2.24, 2.45) is 0 Å². The summed E-state index contributed by atoms with van der Waals surface area (Å²) in [7, 11) is -3.25. The van der Waals surface area contributed by atoms with Crippen molar-refractivity contribution in [3.63, 3.8) is 0 Å². The zero-order valence-corrected chi connectivity index (χ0v) is 16.0.